The molecular formula is C10H12F3NO3S. The minimum Gasteiger partial charge on any atom is -0.395 e. The van der Waals surface area contributed by atoms with E-state index in [1.54, 1.807) is 0 Å². The standard InChI is InChI=1S/C10H12F3NO3S/c1-7-2-3-8(6-9(7)10(11,12)13)18(16,17)14-4-5-15/h2-3,6,14-15H,4-5H2,1H3. The van der Waals surface area contributed by atoms with Crippen molar-refractivity contribution in [3.8, 4) is 0 Å². The van der Waals surface area contributed by atoms with Crippen LogP contribution in [0.4, 0.5) is 13.2 Å². The maximum Gasteiger partial charge on any atom is 0.416 e. The summed E-state index contributed by atoms with van der Waals surface area (Å²) in [5, 5.41) is 8.50. The van der Waals surface area contributed by atoms with Gasteiger partial charge >= 0.3 is 6.18 Å². The number of aryl methyl sites for hydroxylation is 1. The van der Waals surface area contributed by atoms with Crippen LogP contribution in [-0.4, -0.2) is 26.7 Å². The number of sulfonamides is 1. The minimum absolute atomic E-state index is 0.0522. The first kappa shape index (κ1) is 14.9. The number of nitrogens with one attached hydrogen (secondary N) is 1. The Morgan fingerprint density at radius 2 is 1.94 bits per heavy atom. The summed E-state index contributed by atoms with van der Waals surface area (Å²) in [5.41, 5.74) is -1.04. The highest BCUT2D eigenvalue weighted by atomic mass is 32.2. The van der Waals surface area contributed by atoms with Crippen LogP contribution in [0.25, 0.3) is 0 Å². The van der Waals surface area contributed by atoms with E-state index >= 15 is 0 Å². The monoisotopic (exact) mass is 283 g/mol. The molecule has 0 unspecified atom stereocenters. The normalized spacial score (nSPS) is 12.7. The number of rotatable bonds is 4. The lowest BCUT2D eigenvalue weighted by Crippen LogP contribution is -2.27. The highest BCUT2D eigenvalue weighted by Gasteiger charge is 2.33. The number of halogens is 3. The number of hydrogen-bond acceptors (Lipinski definition) is 3. The third-order valence-electron chi connectivity index (χ3n) is 2.23. The predicted molar refractivity (Wildman–Crippen MR) is 58.5 cm³/mol. The molecule has 8 heteroatoms. The topological polar surface area (TPSA) is 66.4 Å². The van der Waals surface area contributed by atoms with Crippen LogP contribution in [0.15, 0.2) is 23.1 Å². The molecule has 102 valence electrons. The quantitative estimate of drug-likeness (QED) is 0.875. The van der Waals surface area contributed by atoms with Gasteiger partial charge in [0.05, 0.1) is 17.1 Å². The zero-order valence-electron chi connectivity index (χ0n) is 9.45. The summed E-state index contributed by atoms with van der Waals surface area (Å²) in [7, 11) is -4.03. The average Bonchev–Trinajstić information content (AvgIpc) is 2.25. The maximum atomic E-state index is 12.6. The van der Waals surface area contributed by atoms with Gasteiger partial charge in [-0.1, -0.05) is 6.07 Å². The van der Waals surface area contributed by atoms with Crippen LogP contribution in [-0.2, 0) is 16.2 Å². The molecule has 0 atom stereocenters. The van der Waals surface area contributed by atoms with Crippen LogP contribution in [0.1, 0.15) is 11.1 Å². The smallest absolute Gasteiger partial charge is 0.395 e. The van der Waals surface area contributed by atoms with E-state index in [1.807, 2.05) is 4.72 Å². The van der Waals surface area contributed by atoms with E-state index in [9.17, 15) is 21.6 Å². The van der Waals surface area contributed by atoms with Gasteiger partial charge in [0.15, 0.2) is 0 Å². The second-order valence-electron chi connectivity index (χ2n) is 3.60. The molecule has 1 aromatic carbocycles. The molecule has 0 aromatic heterocycles. The Balaban J connectivity index is 3.21. The molecule has 0 radical (unpaired) electrons. The molecule has 1 rings (SSSR count). The number of benzene rings is 1. The third-order valence-corrected chi connectivity index (χ3v) is 3.69. The third kappa shape index (κ3) is 3.44. The van der Waals surface area contributed by atoms with Crippen molar-refractivity contribution in [1.82, 2.24) is 4.72 Å². The second-order valence-corrected chi connectivity index (χ2v) is 5.36. The van der Waals surface area contributed by atoms with Crippen molar-refractivity contribution in [2.24, 2.45) is 0 Å². The van der Waals surface area contributed by atoms with Gasteiger partial charge in [-0.3, -0.25) is 0 Å². The Bertz CT molecular complexity index is 526. The fourth-order valence-corrected chi connectivity index (χ4v) is 2.38. The molecule has 0 aliphatic heterocycles. The summed E-state index contributed by atoms with van der Waals surface area (Å²) in [5.74, 6) is 0. The molecular weight excluding hydrogens is 271 g/mol. The second kappa shape index (κ2) is 5.25. The molecule has 0 amide bonds. The first-order chi connectivity index (χ1) is 8.18. The van der Waals surface area contributed by atoms with Gasteiger partial charge in [-0.2, -0.15) is 13.2 Å². The summed E-state index contributed by atoms with van der Waals surface area (Å²) in [6.07, 6.45) is -4.60. The minimum atomic E-state index is -4.60. The molecule has 0 aliphatic carbocycles. The Labute approximate surface area is 102 Å². The zero-order chi connectivity index (χ0) is 14.0. The molecule has 0 fully saturated rings. The molecule has 4 nitrogen and oxygen atoms in total. The van der Waals surface area contributed by atoms with Crippen LogP contribution in [0.2, 0.25) is 0 Å². The van der Waals surface area contributed by atoms with Crippen molar-refractivity contribution in [1.29, 1.82) is 0 Å². The summed E-state index contributed by atoms with van der Waals surface area (Å²) < 4.78 is 63.0. The highest BCUT2D eigenvalue weighted by molar-refractivity contribution is 7.89. The largest absolute Gasteiger partial charge is 0.416 e. The van der Waals surface area contributed by atoms with Crippen LogP contribution in [0.5, 0.6) is 0 Å². The molecule has 1 aromatic rings. The molecule has 0 heterocycles. The summed E-state index contributed by atoms with van der Waals surface area (Å²) in [6.45, 7) is 0.565. The molecule has 0 aliphatic rings. The zero-order valence-corrected chi connectivity index (χ0v) is 10.3. The summed E-state index contributed by atoms with van der Waals surface area (Å²) in [4.78, 5) is -0.478. The van der Waals surface area contributed by atoms with Crippen LogP contribution < -0.4 is 4.72 Å². The van der Waals surface area contributed by atoms with Gasteiger partial charge in [0.2, 0.25) is 10.0 Å². The van der Waals surface area contributed by atoms with Crippen molar-refractivity contribution in [3.05, 3.63) is 29.3 Å². The van der Waals surface area contributed by atoms with E-state index in [0.717, 1.165) is 12.1 Å². The lowest BCUT2D eigenvalue weighted by molar-refractivity contribution is -0.138. The van der Waals surface area contributed by atoms with Gasteiger partial charge in [0, 0.05) is 6.54 Å². The van der Waals surface area contributed by atoms with Crippen LogP contribution in [0, 0.1) is 6.92 Å². The van der Waals surface area contributed by atoms with Crippen molar-refractivity contribution in [3.63, 3.8) is 0 Å². The molecule has 0 saturated carbocycles. The Morgan fingerprint density at radius 1 is 1.33 bits per heavy atom. The Kier molecular flexibility index (Phi) is 4.36. The lowest BCUT2D eigenvalue weighted by atomic mass is 10.1. The van der Waals surface area contributed by atoms with Gasteiger partial charge in [0.25, 0.3) is 0 Å². The molecule has 0 saturated heterocycles. The van der Waals surface area contributed by atoms with Crippen LogP contribution in [0.3, 0.4) is 0 Å². The summed E-state index contributed by atoms with van der Waals surface area (Å²) in [6, 6.07) is 2.76. The maximum absolute atomic E-state index is 12.6. The van der Waals surface area contributed by atoms with Crippen molar-refractivity contribution in [2.75, 3.05) is 13.2 Å². The lowest BCUT2D eigenvalue weighted by Gasteiger charge is -2.12. The average molecular weight is 283 g/mol. The van der Waals surface area contributed by atoms with Crippen molar-refractivity contribution < 1.29 is 26.7 Å². The van der Waals surface area contributed by atoms with Gasteiger partial charge in [-0.15, -0.1) is 0 Å². The fraction of sp³-hybridized carbons (Fsp3) is 0.400. The van der Waals surface area contributed by atoms with Gasteiger partial charge in [-0.25, -0.2) is 13.1 Å². The fourth-order valence-electron chi connectivity index (χ4n) is 1.34. The van der Waals surface area contributed by atoms with Crippen LogP contribution >= 0.6 is 0 Å². The number of alkyl halides is 3. The molecule has 0 spiro atoms. The SMILES string of the molecule is Cc1ccc(S(=O)(=O)NCCO)cc1C(F)(F)F. The highest BCUT2D eigenvalue weighted by Crippen LogP contribution is 2.33. The van der Waals surface area contributed by atoms with E-state index in [2.05, 4.69) is 0 Å². The number of aliphatic hydroxyl groups is 1. The van der Waals surface area contributed by atoms with E-state index in [-0.39, 0.29) is 12.1 Å². The van der Waals surface area contributed by atoms with E-state index in [0.29, 0.717) is 6.07 Å². The number of aliphatic hydroxyl groups excluding tert-OH is 1. The van der Waals surface area contributed by atoms with E-state index in [1.165, 1.54) is 6.92 Å². The predicted octanol–water partition coefficient (Wildman–Crippen LogP) is 1.28. The van der Waals surface area contributed by atoms with Gasteiger partial charge < -0.3 is 5.11 Å². The Hall–Kier alpha value is -1.12. The van der Waals surface area contributed by atoms with Gasteiger partial charge in [-0.05, 0) is 24.6 Å². The molecule has 18 heavy (non-hydrogen) atoms. The van der Waals surface area contributed by atoms with E-state index < -0.39 is 33.3 Å². The summed E-state index contributed by atoms with van der Waals surface area (Å²) >= 11 is 0. The van der Waals surface area contributed by atoms with E-state index in [4.69, 9.17) is 5.11 Å². The van der Waals surface area contributed by atoms with Gasteiger partial charge in [0.1, 0.15) is 0 Å². The molecule has 2 N–H and O–H groups in total. The Morgan fingerprint density at radius 3 is 2.44 bits per heavy atom. The first-order valence-corrected chi connectivity index (χ1v) is 6.45. The molecule has 0 bridgehead atoms. The van der Waals surface area contributed by atoms with Crippen molar-refractivity contribution >= 4 is 10.0 Å². The van der Waals surface area contributed by atoms with Crippen molar-refractivity contribution in [2.45, 2.75) is 18.0 Å². The first-order valence-electron chi connectivity index (χ1n) is 4.97. The number of hydrogen-bond donors (Lipinski definition) is 2.